The van der Waals surface area contributed by atoms with Crippen molar-refractivity contribution >= 4 is 5.69 Å². The minimum atomic E-state index is -4.44. The van der Waals surface area contributed by atoms with Gasteiger partial charge in [0.15, 0.2) is 5.82 Å². The zero-order valence-electron chi connectivity index (χ0n) is 21.4. The molecule has 37 heavy (non-hydrogen) atoms. The van der Waals surface area contributed by atoms with Gasteiger partial charge in [-0.05, 0) is 64.1 Å². The average molecular weight is 523 g/mol. The highest BCUT2D eigenvalue weighted by Gasteiger charge is 2.30. The molecule has 0 radical (unpaired) electrons. The molecule has 0 fully saturated rings. The second-order valence-electron chi connectivity index (χ2n) is 9.26. The van der Waals surface area contributed by atoms with Gasteiger partial charge >= 0.3 is 12.2 Å². The normalized spacial score (nSPS) is 13.0. The van der Waals surface area contributed by atoms with E-state index in [-0.39, 0.29) is 24.8 Å². The summed E-state index contributed by atoms with van der Waals surface area (Å²) in [4.78, 5) is 4.40. The van der Waals surface area contributed by atoms with Crippen molar-refractivity contribution in [2.75, 3.05) is 38.3 Å². The number of aliphatic hydroxyl groups is 1. The number of ether oxygens (including phenoxy) is 3. The van der Waals surface area contributed by atoms with Crippen molar-refractivity contribution in [3.05, 3.63) is 54.1 Å². The Kier molecular flexibility index (Phi) is 9.52. The Bertz CT molecular complexity index is 1110. The first-order valence-corrected chi connectivity index (χ1v) is 12.0. The Morgan fingerprint density at radius 2 is 1.68 bits per heavy atom. The molecular weight excluding hydrogens is 489 g/mol. The molecule has 1 aromatic heterocycles. The van der Waals surface area contributed by atoms with Gasteiger partial charge in [-0.3, -0.25) is 0 Å². The molecule has 0 bridgehead atoms. The number of benzene rings is 2. The van der Waals surface area contributed by atoms with E-state index in [1.165, 1.54) is 16.8 Å². The maximum absolute atomic E-state index is 13.0. The van der Waals surface area contributed by atoms with Gasteiger partial charge in [0, 0.05) is 24.4 Å². The highest BCUT2D eigenvalue weighted by Crippen LogP contribution is 2.31. The van der Waals surface area contributed by atoms with Crippen LogP contribution in [0.25, 0.3) is 17.1 Å². The first kappa shape index (κ1) is 28.4. The molecule has 0 unspecified atom stereocenters. The third kappa shape index (κ3) is 8.73. The van der Waals surface area contributed by atoms with Crippen LogP contribution >= 0.6 is 0 Å². The van der Waals surface area contributed by atoms with E-state index >= 15 is 0 Å². The number of aromatic nitrogens is 3. The van der Waals surface area contributed by atoms with Gasteiger partial charge in [-0.15, -0.1) is 5.10 Å². The SMILES string of the molecule is CCOCCOc1nc(-c2ccc(C(F)(F)F)cc2)n(-c2ccc(NC[C@@H](O)COC(C)(C)C)cc2)n1. The van der Waals surface area contributed by atoms with Crippen LogP contribution in [-0.4, -0.2) is 64.5 Å². The van der Waals surface area contributed by atoms with Gasteiger partial charge in [-0.1, -0.05) is 12.1 Å². The molecule has 3 aromatic rings. The Morgan fingerprint density at radius 3 is 2.27 bits per heavy atom. The van der Waals surface area contributed by atoms with Crippen LogP contribution in [-0.2, 0) is 15.7 Å². The maximum Gasteiger partial charge on any atom is 0.416 e. The lowest BCUT2D eigenvalue weighted by Crippen LogP contribution is -2.30. The standard InChI is InChI=1S/C26H33F3N4O4/c1-5-35-14-15-36-24-31-23(18-6-8-19(9-7-18)26(27,28)29)33(32-24)21-12-10-20(11-13-21)30-16-22(34)17-37-25(2,3)4/h6-13,22,30,34H,5,14-17H2,1-4H3/t22-/m1/s1. The first-order valence-electron chi connectivity index (χ1n) is 12.0. The molecule has 11 heteroatoms. The minimum absolute atomic E-state index is 0.0822. The van der Waals surface area contributed by atoms with E-state index in [0.717, 1.165) is 17.8 Å². The number of alkyl halides is 3. The van der Waals surface area contributed by atoms with Crippen LogP contribution in [0.1, 0.15) is 33.3 Å². The number of hydrogen-bond acceptors (Lipinski definition) is 7. The minimum Gasteiger partial charge on any atom is -0.460 e. The van der Waals surface area contributed by atoms with Crippen LogP contribution in [0.5, 0.6) is 6.01 Å². The smallest absolute Gasteiger partial charge is 0.416 e. The Balaban J connectivity index is 1.78. The summed E-state index contributed by atoms with van der Waals surface area (Å²) in [6, 6.07) is 12.0. The summed E-state index contributed by atoms with van der Waals surface area (Å²) in [7, 11) is 0. The van der Waals surface area contributed by atoms with E-state index in [4.69, 9.17) is 14.2 Å². The lowest BCUT2D eigenvalue weighted by molar-refractivity contribution is -0.137. The molecule has 0 spiro atoms. The molecule has 2 aromatic carbocycles. The van der Waals surface area contributed by atoms with E-state index in [1.54, 1.807) is 24.3 Å². The summed E-state index contributed by atoms with van der Waals surface area (Å²) < 4.78 is 57.0. The summed E-state index contributed by atoms with van der Waals surface area (Å²) in [5, 5.41) is 17.7. The van der Waals surface area contributed by atoms with Crippen molar-refractivity contribution in [1.82, 2.24) is 14.8 Å². The van der Waals surface area contributed by atoms with Gasteiger partial charge in [-0.25, -0.2) is 4.68 Å². The van der Waals surface area contributed by atoms with Crippen LogP contribution < -0.4 is 10.1 Å². The van der Waals surface area contributed by atoms with E-state index in [0.29, 0.717) is 36.8 Å². The molecule has 0 saturated heterocycles. The van der Waals surface area contributed by atoms with E-state index in [9.17, 15) is 18.3 Å². The molecule has 8 nitrogen and oxygen atoms in total. The Morgan fingerprint density at radius 1 is 1.00 bits per heavy atom. The highest BCUT2D eigenvalue weighted by atomic mass is 19.4. The van der Waals surface area contributed by atoms with Crippen molar-refractivity contribution in [2.45, 2.75) is 45.6 Å². The van der Waals surface area contributed by atoms with Crippen molar-refractivity contribution in [2.24, 2.45) is 0 Å². The number of nitrogens with zero attached hydrogens (tertiary/aromatic N) is 3. The summed E-state index contributed by atoms with van der Waals surface area (Å²) >= 11 is 0. The number of aliphatic hydroxyl groups excluding tert-OH is 1. The number of nitrogens with one attached hydrogen (secondary N) is 1. The van der Waals surface area contributed by atoms with Crippen molar-refractivity contribution in [3.63, 3.8) is 0 Å². The van der Waals surface area contributed by atoms with Gasteiger partial charge in [0.05, 0.1) is 36.2 Å². The fraction of sp³-hybridized carbons (Fsp3) is 0.462. The second kappa shape index (κ2) is 12.4. The van der Waals surface area contributed by atoms with E-state index < -0.39 is 17.8 Å². The second-order valence-corrected chi connectivity index (χ2v) is 9.26. The van der Waals surface area contributed by atoms with Crippen molar-refractivity contribution in [3.8, 4) is 23.1 Å². The zero-order chi connectivity index (χ0) is 27.1. The maximum atomic E-state index is 13.0. The molecule has 1 heterocycles. The Labute approximate surface area is 214 Å². The molecule has 202 valence electrons. The van der Waals surface area contributed by atoms with Gasteiger partial charge in [0.25, 0.3) is 0 Å². The van der Waals surface area contributed by atoms with Crippen LogP contribution in [0.4, 0.5) is 18.9 Å². The molecule has 1 atom stereocenters. The molecule has 0 aliphatic rings. The highest BCUT2D eigenvalue weighted by molar-refractivity contribution is 5.60. The third-order valence-electron chi connectivity index (χ3n) is 5.08. The van der Waals surface area contributed by atoms with Gasteiger partial charge in [0.1, 0.15) is 6.61 Å². The fourth-order valence-electron chi connectivity index (χ4n) is 3.23. The fourth-order valence-corrected chi connectivity index (χ4v) is 3.23. The predicted molar refractivity (Wildman–Crippen MR) is 134 cm³/mol. The number of anilines is 1. The first-order chi connectivity index (χ1) is 17.5. The van der Waals surface area contributed by atoms with Gasteiger partial charge < -0.3 is 24.6 Å². The van der Waals surface area contributed by atoms with Gasteiger partial charge in [-0.2, -0.15) is 18.2 Å². The van der Waals surface area contributed by atoms with Crippen LogP contribution in [0.3, 0.4) is 0 Å². The molecule has 2 N–H and O–H groups in total. The number of rotatable bonds is 12. The molecule has 0 saturated carbocycles. The monoisotopic (exact) mass is 522 g/mol. The number of hydrogen-bond donors (Lipinski definition) is 2. The lowest BCUT2D eigenvalue weighted by Gasteiger charge is -2.22. The number of halogens is 3. The van der Waals surface area contributed by atoms with Crippen LogP contribution in [0, 0.1) is 0 Å². The van der Waals surface area contributed by atoms with Crippen LogP contribution in [0.2, 0.25) is 0 Å². The van der Waals surface area contributed by atoms with E-state index in [1.807, 2.05) is 27.7 Å². The predicted octanol–water partition coefficient (Wildman–Crippen LogP) is 4.96. The lowest BCUT2D eigenvalue weighted by atomic mass is 10.1. The molecule has 3 rings (SSSR count). The van der Waals surface area contributed by atoms with Gasteiger partial charge in [0.2, 0.25) is 0 Å². The van der Waals surface area contributed by atoms with Crippen molar-refractivity contribution in [1.29, 1.82) is 0 Å². The molecule has 0 aliphatic heterocycles. The summed E-state index contributed by atoms with van der Waals surface area (Å²) in [5.41, 5.74) is 0.758. The summed E-state index contributed by atoms with van der Waals surface area (Å²) in [6.07, 6.45) is -5.12. The average Bonchev–Trinajstić information content (AvgIpc) is 3.28. The summed E-state index contributed by atoms with van der Waals surface area (Å²) in [6.45, 7) is 9.27. The topological polar surface area (TPSA) is 90.7 Å². The van der Waals surface area contributed by atoms with E-state index in [2.05, 4.69) is 15.4 Å². The van der Waals surface area contributed by atoms with Crippen molar-refractivity contribution < 1.29 is 32.5 Å². The molecular formula is C26H33F3N4O4. The zero-order valence-corrected chi connectivity index (χ0v) is 21.4. The molecule has 0 amide bonds. The third-order valence-corrected chi connectivity index (χ3v) is 5.08. The van der Waals surface area contributed by atoms with Crippen LogP contribution in [0.15, 0.2) is 48.5 Å². The Hall–Kier alpha value is -3.15. The molecule has 0 aliphatic carbocycles. The largest absolute Gasteiger partial charge is 0.460 e. The quantitative estimate of drug-likeness (QED) is 0.325. The summed E-state index contributed by atoms with van der Waals surface area (Å²) in [5.74, 6) is 0.329.